The predicted octanol–water partition coefficient (Wildman–Crippen LogP) is 3.78. The Kier molecular flexibility index (Phi) is 3.92. The van der Waals surface area contributed by atoms with E-state index in [2.05, 4.69) is 31.2 Å². The van der Waals surface area contributed by atoms with Gasteiger partial charge in [-0.15, -0.1) is 0 Å². The third-order valence-corrected chi connectivity index (χ3v) is 3.73. The minimum atomic E-state index is -0.187. The van der Waals surface area contributed by atoms with Crippen LogP contribution in [-0.2, 0) is 5.33 Å². The molecule has 5 heteroatoms. The zero-order chi connectivity index (χ0) is 14.7. The van der Waals surface area contributed by atoms with Gasteiger partial charge in [-0.25, -0.2) is 0 Å². The lowest BCUT2D eigenvalue weighted by Gasteiger charge is -2.08. The summed E-state index contributed by atoms with van der Waals surface area (Å²) in [6, 6.07) is 13.1. The number of hydrogen-bond acceptors (Lipinski definition) is 3. The van der Waals surface area contributed by atoms with Crippen molar-refractivity contribution in [2.75, 3.05) is 5.32 Å². The standard InChI is InChI=1S/C16H12BrN3O/c17-10-11-3-1-4-12(9-11)20-16(21)13-5-2-6-14-15(13)19-8-7-18-14/h1-9H,10H2,(H,20,21). The summed E-state index contributed by atoms with van der Waals surface area (Å²) < 4.78 is 0. The summed E-state index contributed by atoms with van der Waals surface area (Å²) in [4.78, 5) is 20.9. The number of carbonyl (C=O) groups excluding carboxylic acids is 1. The van der Waals surface area contributed by atoms with Gasteiger partial charge in [0, 0.05) is 23.4 Å². The van der Waals surface area contributed by atoms with Crippen molar-refractivity contribution in [2.45, 2.75) is 5.33 Å². The average molecular weight is 342 g/mol. The number of aromatic nitrogens is 2. The molecule has 3 rings (SSSR count). The molecule has 0 unspecified atom stereocenters. The van der Waals surface area contributed by atoms with Gasteiger partial charge in [0.05, 0.1) is 11.1 Å². The van der Waals surface area contributed by atoms with Gasteiger partial charge in [-0.3, -0.25) is 14.8 Å². The maximum Gasteiger partial charge on any atom is 0.257 e. The van der Waals surface area contributed by atoms with Crippen LogP contribution in [0.2, 0.25) is 0 Å². The Morgan fingerprint density at radius 2 is 1.90 bits per heavy atom. The SMILES string of the molecule is O=C(Nc1cccc(CBr)c1)c1cccc2nccnc12. The molecular weight excluding hydrogens is 330 g/mol. The third kappa shape index (κ3) is 2.92. The van der Waals surface area contributed by atoms with Gasteiger partial charge in [0.15, 0.2) is 0 Å². The van der Waals surface area contributed by atoms with Crippen LogP contribution < -0.4 is 5.32 Å². The predicted molar refractivity (Wildman–Crippen MR) is 86.6 cm³/mol. The minimum absolute atomic E-state index is 0.187. The van der Waals surface area contributed by atoms with Crippen molar-refractivity contribution in [3.63, 3.8) is 0 Å². The number of benzene rings is 2. The maximum absolute atomic E-state index is 12.4. The molecule has 1 aromatic heterocycles. The summed E-state index contributed by atoms with van der Waals surface area (Å²) in [5, 5.41) is 3.64. The largest absolute Gasteiger partial charge is 0.322 e. The van der Waals surface area contributed by atoms with E-state index < -0.39 is 0 Å². The van der Waals surface area contributed by atoms with Crippen LogP contribution in [0.25, 0.3) is 11.0 Å². The highest BCUT2D eigenvalue weighted by atomic mass is 79.9. The summed E-state index contributed by atoms with van der Waals surface area (Å²) in [5.74, 6) is -0.187. The second-order valence-electron chi connectivity index (χ2n) is 4.52. The molecule has 0 bridgehead atoms. The number of amides is 1. The van der Waals surface area contributed by atoms with Gasteiger partial charge in [0.2, 0.25) is 0 Å². The van der Waals surface area contributed by atoms with Gasteiger partial charge in [0.1, 0.15) is 5.52 Å². The molecule has 0 fully saturated rings. The number of anilines is 1. The first-order chi connectivity index (χ1) is 10.3. The summed E-state index contributed by atoms with van der Waals surface area (Å²) in [6.45, 7) is 0. The van der Waals surface area contributed by atoms with Gasteiger partial charge in [-0.05, 0) is 29.8 Å². The fourth-order valence-corrected chi connectivity index (χ4v) is 2.46. The number of halogens is 1. The average Bonchev–Trinajstić information content (AvgIpc) is 2.54. The number of para-hydroxylation sites is 1. The van der Waals surface area contributed by atoms with E-state index in [4.69, 9.17) is 0 Å². The molecule has 1 N–H and O–H groups in total. The lowest BCUT2D eigenvalue weighted by molar-refractivity contribution is 0.102. The van der Waals surface area contributed by atoms with E-state index in [1.54, 1.807) is 24.5 Å². The molecule has 4 nitrogen and oxygen atoms in total. The number of alkyl halides is 1. The summed E-state index contributed by atoms with van der Waals surface area (Å²) >= 11 is 3.40. The quantitative estimate of drug-likeness (QED) is 0.737. The fourth-order valence-electron chi connectivity index (χ4n) is 2.11. The van der Waals surface area contributed by atoms with Gasteiger partial charge in [0.25, 0.3) is 5.91 Å². The lowest BCUT2D eigenvalue weighted by Crippen LogP contribution is -2.13. The fraction of sp³-hybridized carbons (Fsp3) is 0.0625. The number of fused-ring (bicyclic) bond motifs is 1. The van der Waals surface area contributed by atoms with Crippen molar-refractivity contribution in [2.24, 2.45) is 0 Å². The molecule has 0 radical (unpaired) electrons. The lowest BCUT2D eigenvalue weighted by atomic mass is 10.1. The molecule has 1 heterocycles. The van der Waals surface area contributed by atoms with Gasteiger partial charge in [-0.2, -0.15) is 0 Å². The van der Waals surface area contributed by atoms with Crippen LogP contribution >= 0.6 is 15.9 Å². The Hall–Kier alpha value is -2.27. The third-order valence-electron chi connectivity index (χ3n) is 3.08. The number of nitrogens with zero attached hydrogens (tertiary/aromatic N) is 2. The monoisotopic (exact) mass is 341 g/mol. The molecule has 0 aliphatic rings. The first-order valence-electron chi connectivity index (χ1n) is 6.44. The first kappa shape index (κ1) is 13.7. The number of carbonyl (C=O) groups is 1. The molecule has 0 saturated heterocycles. The molecule has 0 saturated carbocycles. The Labute approximate surface area is 130 Å². The van der Waals surface area contributed by atoms with E-state index in [0.717, 1.165) is 16.6 Å². The van der Waals surface area contributed by atoms with Crippen LogP contribution in [0, 0.1) is 0 Å². The highest BCUT2D eigenvalue weighted by Gasteiger charge is 2.11. The molecule has 2 aromatic carbocycles. The van der Waals surface area contributed by atoms with Crippen LogP contribution in [-0.4, -0.2) is 15.9 Å². The van der Waals surface area contributed by atoms with E-state index in [1.165, 1.54) is 0 Å². The van der Waals surface area contributed by atoms with Crippen molar-refractivity contribution in [3.05, 3.63) is 66.0 Å². The molecule has 0 spiro atoms. The van der Waals surface area contributed by atoms with Crippen molar-refractivity contribution >= 4 is 38.6 Å². The molecule has 0 aliphatic heterocycles. The Morgan fingerprint density at radius 3 is 2.76 bits per heavy atom. The summed E-state index contributed by atoms with van der Waals surface area (Å²) in [6.07, 6.45) is 3.20. The number of hydrogen-bond donors (Lipinski definition) is 1. The van der Waals surface area contributed by atoms with Crippen molar-refractivity contribution in [1.29, 1.82) is 0 Å². The maximum atomic E-state index is 12.4. The van der Waals surface area contributed by atoms with Crippen molar-refractivity contribution < 1.29 is 4.79 Å². The van der Waals surface area contributed by atoms with Crippen LogP contribution in [0.4, 0.5) is 5.69 Å². The van der Waals surface area contributed by atoms with E-state index in [1.807, 2.05) is 30.3 Å². The minimum Gasteiger partial charge on any atom is -0.322 e. The molecule has 0 atom stereocenters. The van der Waals surface area contributed by atoms with E-state index in [-0.39, 0.29) is 5.91 Å². The first-order valence-corrected chi connectivity index (χ1v) is 7.56. The Bertz CT molecular complexity index is 799. The van der Waals surface area contributed by atoms with Crippen LogP contribution in [0.3, 0.4) is 0 Å². The molecule has 21 heavy (non-hydrogen) atoms. The Morgan fingerprint density at radius 1 is 1.10 bits per heavy atom. The molecular formula is C16H12BrN3O. The molecule has 104 valence electrons. The summed E-state index contributed by atoms with van der Waals surface area (Å²) in [7, 11) is 0. The van der Waals surface area contributed by atoms with Gasteiger partial charge >= 0.3 is 0 Å². The highest BCUT2D eigenvalue weighted by Crippen LogP contribution is 2.17. The van der Waals surface area contributed by atoms with Gasteiger partial charge in [-0.1, -0.05) is 34.1 Å². The molecule has 1 amide bonds. The van der Waals surface area contributed by atoms with E-state index in [0.29, 0.717) is 16.6 Å². The summed E-state index contributed by atoms with van der Waals surface area (Å²) in [5.41, 5.74) is 3.70. The Balaban J connectivity index is 1.93. The second kappa shape index (κ2) is 6.01. The molecule has 0 aliphatic carbocycles. The topological polar surface area (TPSA) is 54.9 Å². The van der Waals surface area contributed by atoms with Crippen LogP contribution in [0.15, 0.2) is 54.9 Å². The zero-order valence-electron chi connectivity index (χ0n) is 11.1. The van der Waals surface area contributed by atoms with Crippen molar-refractivity contribution in [1.82, 2.24) is 9.97 Å². The highest BCUT2D eigenvalue weighted by molar-refractivity contribution is 9.08. The molecule has 3 aromatic rings. The normalized spacial score (nSPS) is 10.5. The van der Waals surface area contributed by atoms with Crippen molar-refractivity contribution in [3.8, 4) is 0 Å². The van der Waals surface area contributed by atoms with E-state index >= 15 is 0 Å². The smallest absolute Gasteiger partial charge is 0.257 e. The second-order valence-corrected chi connectivity index (χ2v) is 5.08. The van der Waals surface area contributed by atoms with Gasteiger partial charge < -0.3 is 5.32 Å². The van der Waals surface area contributed by atoms with Crippen LogP contribution in [0.5, 0.6) is 0 Å². The van der Waals surface area contributed by atoms with E-state index in [9.17, 15) is 4.79 Å². The number of nitrogens with one attached hydrogen (secondary N) is 1. The van der Waals surface area contributed by atoms with Crippen LogP contribution in [0.1, 0.15) is 15.9 Å². The zero-order valence-corrected chi connectivity index (χ0v) is 12.7. The number of rotatable bonds is 3.